The van der Waals surface area contributed by atoms with Gasteiger partial charge in [-0.25, -0.2) is 0 Å². The van der Waals surface area contributed by atoms with Gasteiger partial charge in [0.15, 0.2) is 0 Å². The highest BCUT2D eigenvalue weighted by Crippen LogP contribution is 2.14. The third-order valence-electron chi connectivity index (χ3n) is 3.03. The zero-order valence-electron chi connectivity index (χ0n) is 11.4. The summed E-state index contributed by atoms with van der Waals surface area (Å²) >= 11 is 0. The molecule has 0 unspecified atom stereocenters. The molecule has 98 valence electrons. The number of aromatic nitrogens is 1. The lowest BCUT2D eigenvalue weighted by Crippen LogP contribution is -2.37. The number of rotatable bonds is 6. The van der Waals surface area contributed by atoms with E-state index in [0.717, 1.165) is 19.7 Å². The Bertz CT molecular complexity index is 502. The topological polar surface area (TPSA) is 37.0 Å². The Balaban J connectivity index is 1.90. The summed E-state index contributed by atoms with van der Waals surface area (Å²) in [6.45, 7) is 8.72. The first-order chi connectivity index (χ1) is 8.61. The minimum absolute atomic E-state index is 0.106. The number of nitrogens with one attached hydrogen (secondary N) is 2. The number of aromatic amines is 1. The highest BCUT2D eigenvalue weighted by molar-refractivity contribution is 5.79. The molecule has 2 N–H and O–H groups in total. The largest absolute Gasteiger partial charge is 0.375 e. The van der Waals surface area contributed by atoms with Crippen LogP contribution in [0.2, 0.25) is 0 Å². The lowest BCUT2D eigenvalue weighted by Gasteiger charge is -2.25. The Hall–Kier alpha value is -1.32. The van der Waals surface area contributed by atoms with Gasteiger partial charge in [0, 0.05) is 31.4 Å². The fraction of sp³-hybridized carbons (Fsp3) is 0.467. The van der Waals surface area contributed by atoms with E-state index < -0.39 is 0 Å². The summed E-state index contributed by atoms with van der Waals surface area (Å²) < 4.78 is 5.66. The monoisotopic (exact) mass is 246 g/mol. The minimum atomic E-state index is -0.106. The second-order valence-corrected chi connectivity index (χ2v) is 5.20. The molecule has 0 radical (unpaired) electrons. The molecule has 0 amide bonds. The first-order valence-corrected chi connectivity index (χ1v) is 6.51. The molecule has 0 aliphatic rings. The second kappa shape index (κ2) is 5.55. The van der Waals surface area contributed by atoms with Gasteiger partial charge in [-0.3, -0.25) is 0 Å². The van der Waals surface area contributed by atoms with E-state index in [1.54, 1.807) is 0 Å². The van der Waals surface area contributed by atoms with Crippen LogP contribution >= 0.6 is 0 Å². The zero-order chi connectivity index (χ0) is 13.0. The molecule has 1 aromatic carbocycles. The minimum Gasteiger partial charge on any atom is -0.375 e. The van der Waals surface area contributed by atoms with E-state index in [9.17, 15) is 0 Å². The zero-order valence-corrected chi connectivity index (χ0v) is 11.4. The molecule has 0 bridgehead atoms. The molecule has 2 aromatic rings. The molecule has 0 aliphatic carbocycles. The maximum Gasteiger partial charge on any atom is 0.0750 e. The van der Waals surface area contributed by atoms with E-state index in [2.05, 4.69) is 48.4 Å². The summed E-state index contributed by atoms with van der Waals surface area (Å²) in [6.07, 6.45) is 1.97. The molecule has 0 saturated heterocycles. The van der Waals surface area contributed by atoms with Gasteiger partial charge in [-0.2, -0.15) is 0 Å². The maximum absolute atomic E-state index is 5.66. The van der Waals surface area contributed by atoms with Gasteiger partial charge in [-0.05, 0) is 43.9 Å². The SMILES string of the molecule is CCOC(C)(C)CNCc1ccc2cc[nH]c2c1. The van der Waals surface area contributed by atoms with Crippen LogP contribution in [0.5, 0.6) is 0 Å². The molecule has 1 aromatic heterocycles. The van der Waals surface area contributed by atoms with Crippen LogP contribution in [0.25, 0.3) is 10.9 Å². The molecule has 18 heavy (non-hydrogen) atoms. The van der Waals surface area contributed by atoms with E-state index in [1.165, 1.54) is 16.5 Å². The Kier molecular flexibility index (Phi) is 4.04. The Morgan fingerprint density at radius 1 is 1.28 bits per heavy atom. The Morgan fingerprint density at radius 2 is 2.11 bits per heavy atom. The number of fused-ring (bicyclic) bond motifs is 1. The van der Waals surface area contributed by atoms with Crippen LogP contribution in [-0.2, 0) is 11.3 Å². The van der Waals surface area contributed by atoms with Crippen molar-refractivity contribution in [2.24, 2.45) is 0 Å². The van der Waals surface area contributed by atoms with Crippen LogP contribution in [0.1, 0.15) is 26.3 Å². The van der Waals surface area contributed by atoms with Gasteiger partial charge in [0.1, 0.15) is 0 Å². The Labute approximate surface area is 109 Å². The molecule has 0 spiro atoms. The van der Waals surface area contributed by atoms with Crippen molar-refractivity contribution in [1.29, 1.82) is 0 Å². The van der Waals surface area contributed by atoms with Crippen LogP contribution in [0.4, 0.5) is 0 Å². The maximum atomic E-state index is 5.66. The van der Waals surface area contributed by atoms with Crippen LogP contribution in [0.15, 0.2) is 30.5 Å². The number of hydrogen-bond acceptors (Lipinski definition) is 2. The number of benzene rings is 1. The molecular formula is C15H22N2O. The highest BCUT2D eigenvalue weighted by Gasteiger charge is 2.16. The first kappa shape index (κ1) is 13.1. The quantitative estimate of drug-likeness (QED) is 0.822. The van der Waals surface area contributed by atoms with Crippen molar-refractivity contribution >= 4 is 10.9 Å². The van der Waals surface area contributed by atoms with Crippen molar-refractivity contribution in [2.45, 2.75) is 32.9 Å². The van der Waals surface area contributed by atoms with E-state index in [-0.39, 0.29) is 5.60 Å². The molecular weight excluding hydrogens is 224 g/mol. The van der Waals surface area contributed by atoms with Gasteiger partial charge in [-0.1, -0.05) is 12.1 Å². The van der Waals surface area contributed by atoms with Crippen LogP contribution < -0.4 is 5.32 Å². The highest BCUT2D eigenvalue weighted by atomic mass is 16.5. The summed E-state index contributed by atoms with van der Waals surface area (Å²) in [6, 6.07) is 8.59. The van der Waals surface area contributed by atoms with Gasteiger partial charge >= 0.3 is 0 Å². The normalized spacial score (nSPS) is 12.2. The number of H-pyrrole nitrogens is 1. The molecule has 0 fully saturated rings. The van der Waals surface area contributed by atoms with Crippen molar-refractivity contribution in [2.75, 3.05) is 13.2 Å². The number of hydrogen-bond donors (Lipinski definition) is 2. The summed E-state index contributed by atoms with van der Waals surface area (Å²) in [5.74, 6) is 0. The molecule has 0 saturated carbocycles. The third kappa shape index (κ3) is 3.34. The van der Waals surface area contributed by atoms with E-state index in [4.69, 9.17) is 4.74 Å². The summed E-state index contributed by atoms with van der Waals surface area (Å²) in [5, 5.41) is 4.70. The lowest BCUT2D eigenvalue weighted by molar-refractivity contribution is -0.00897. The number of ether oxygens (including phenoxy) is 1. The summed E-state index contributed by atoms with van der Waals surface area (Å²) in [5.41, 5.74) is 2.38. The predicted molar refractivity (Wildman–Crippen MR) is 75.7 cm³/mol. The van der Waals surface area contributed by atoms with Crippen molar-refractivity contribution in [3.05, 3.63) is 36.0 Å². The molecule has 2 rings (SSSR count). The van der Waals surface area contributed by atoms with Crippen molar-refractivity contribution in [1.82, 2.24) is 10.3 Å². The van der Waals surface area contributed by atoms with E-state index in [1.807, 2.05) is 13.1 Å². The van der Waals surface area contributed by atoms with Crippen molar-refractivity contribution in [3.8, 4) is 0 Å². The van der Waals surface area contributed by atoms with E-state index in [0.29, 0.717) is 0 Å². The van der Waals surface area contributed by atoms with Crippen LogP contribution in [0, 0.1) is 0 Å². The molecule has 0 atom stereocenters. The third-order valence-corrected chi connectivity index (χ3v) is 3.03. The lowest BCUT2D eigenvalue weighted by atomic mass is 10.1. The Morgan fingerprint density at radius 3 is 2.89 bits per heavy atom. The van der Waals surface area contributed by atoms with Gasteiger partial charge in [0.05, 0.1) is 5.60 Å². The average Bonchev–Trinajstić information content (AvgIpc) is 2.75. The van der Waals surface area contributed by atoms with E-state index >= 15 is 0 Å². The fourth-order valence-electron chi connectivity index (χ4n) is 2.15. The summed E-state index contributed by atoms with van der Waals surface area (Å²) in [7, 11) is 0. The van der Waals surface area contributed by atoms with Crippen LogP contribution in [-0.4, -0.2) is 23.7 Å². The van der Waals surface area contributed by atoms with Gasteiger partial charge < -0.3 is 15.0 Å². The molecule has 1 heterocycles. The molecule has 3 heteroatoms. The molecule has 3 nitrogen and oxygen atoms in total. The second-order valence-electron chi connectivity index (χ2n) is 5.20. The standard InChI is InChI=1S/C15H22N2O/c1-4-18-15(2,3)11-16-10-12-5-6-13-7-8-17-14(13)9-12/h5-9,16-17H,4,10-11H2,1-3H3. The van der Waals surface area contributed by atoms with Crippen LogP contribution in [0.3, 0.4) is 0 Å². The smallest absolute Gasteiger partial charge is 0.0750 e. The van der Waals surface area contributed by atoms with Crippen molar-refractivity contribution in [3.63, 3.8) is 0 Å². The van der Waals surface area contributed by atoms with Crippen molar-refractivity contribution < 1.29 is 4.74 Å². The van der Waals surface area contributed by atoms with Gasteiger partial charge in [0.25, 0.3) is 0 Å². The fourth-order valence-corrected chi connectivity index (χ4v) is 2.15. The molecule has 0 aliphatic heterocycles. The average molecular weight is 246 g/mol. The first-order valence-electron chi connectivity index (χ1n) is 6.51. The van der Waals surface area contributed by atoms with Gasteiger partial charge in [0.2, 0.25) is 0 Å². The predicted octanol–water partition coefficient (Wildman–Crippen LogP) is 3.07. The van der Waals surface area contributed by atoms with Gasteiger partial charge in [-0.15, -0.1) is 0 Å². The summed E-state index contributed by atoms with van der Waals surface area (Å²) in [4.78, 5) is 3.23.